The minimum Gasteiger partial charge on any atom is -0.445 e. The Labute approximate surface area is 189 Å². The molecule has 0 saturated carbocycles. The van der Waals surface area contributed by atoms with Crippen LogP contribution in [-0.4, -0.2) is 36.7 Å². The molecular weight excluding hydrogens is 410 g/mol. The van der Waals surface area contributed by atoms with Gasteiger partial charge in [0.15, 0.2) is 0 Å². The van der Waals surface area contributed by atoms with E-state index in [4.69, 9.17) is 4.74 Å². The fourth-order valence-electron chi connectivity index (χ4n) is 3.82. The fraction of sp³-hybridized carbons (Fsp3) is 0.423. The zero-order valence-electron chi connectivity index (χ0n) is 19.0. The smallest absolute Gasteiger partial charge is 0.407 e. The topological polar surface area (TPSA) is 41.6 Å². The van der Waals surface area contributed by atoms with Gasteiger partial charge in [0.05, 0.1) is 0 Å². The summed E-state index contributed by atoms with van der Waals surface area (Å²) in [7, 11) is 0. The van der Waals surface area contributed by atoms with Crippen LogP contribution in [0.5, 0.6) is 0 Å². The van der Waals surface area contributed by atoms with Crippen molar-refractivity contribution in [2.45, 2.75) is 46.3 Å². The number of amides is 1. The molecule has 0 aliphatic carbocycles. The van der Waals surface area contributed by atoms with Crippen molar-refractivity contribution in [2.24, 2.45) is 5.92 Å². The lowest BCUT2D eigenvalue weighted by molar-refractivity contribution is 0.140. The molecule has 0 aromatic heterocycles. The van der Waals surface area contributed by atoms with Gasteiger partial charge in [0, 0.05) is 31.2 Å². The Morgan fingerprint density at radius 3 is 2.53 bits per heavy atom. The zero-order valence-corrected chi connectivity index (χ0v) is 19.0. The van der Waals surface area contributed by atoms with Crippen molar-refractivity contribution >= 4 is 11.7 Å². The largest absolute Gasteiger partial charge is 0.445 e. The minimum absolute atomic E-state index is 0.160. The standard InChI is InChI=1S/C26H32F2N2O2/c1-18(2)19(3)30-13-10-21(11-14-30)23-16-24(27)22(15-25(23)28)9-12-29-26(31)32-17-20-7-5-4-6-8-20/h4-8,10,15-16,18-19H,9,11-14,17H2,1-3H3,(H,29,31). The molecule has 0 bridgehead atoms. The van der Waals surface area contributed by atoms with Gasteiger partial charge in [0.1, 0.15) is 18.2 Å². The average molecular weight is 443 g/mol. The maximum Gasteiger partial charge on any atom is 0.407 e. The monoisotopic (exact) mass is 442 g/mol. The fourth-order valence-corrected chi connectivity index (χ4v) is 3.82. The summed E-state index contributed by atoms with van der Waals surface area (Å²) >= 11 is 0. The molecule has 6 heteroatoms. The van der Waals surface area contributed by atoms with Gasteiger partial charge < -0.3 is 10.1 Å². The molecule has 0 fully saturated rings. The van der Waals surface area contributed by atoms with Crippen LogP contribution < -0.4 is 5.32 Å². The van der Waals surface area contributed by atoms with E-state index >= 15 is 0 Å². The van der Waals surface area contributed by atoms with Gasteiger partial charge >= 0.3 is 6.09 Å². The predicted molar refractivity (Wildman–Crippen MR) is 123 cm³/mol. The Balaban J connectivity index is 1.53. The Morgan fingerprint density at radius 1 is 1.12 bits per heavy atom. The Morgan fingerprint density at radius 2 is 1.88 bits per heavy atom. The maximum atomic E-state index is 14.8. The highest BCUT2D eigenvalue weighted by atomic mass is 19.1. The normalized spacial score (nSPS) is 15.4. The van der Waals surface area contributed by atoms with Crippen molar-refractivity contribution in [1.82, 2.24) is 10.2 Å². The van der Waals surface area contributed by atoms with Gasteiger partial charge in [-0.1, -0.05) is 50.3 Å². The molecule has 2 aromatic rings. The molecule has 1 aliphatic heterocycles. The molecule has 32 heavy (non-hydrogen) atoms. The van der Waals surface area contributed by atoms with Crippen LogP contribution in [0, 0.1) is 17.6 Å². The molecule has 3 rings (SSSR count). The second-order valence-electron chi connectivity index (χ2n) is 8.62. The Kier molecular flexibility index (Phi) is 8.39. The van der Waals surface area contributed by atoms with Crippen molar-refractivity contribution in [2.75, 3.05) is 19.6 Å². The van der Waals surface area contributed by atoms with Gasteiger partial charge in [-0.3, -0.25) is 4.90 Å². The van der Waals surface area contributed by atoms with E-state index in [0.717, 1.165) is 24.2 Å². The van der Waals surface area contributed by atoms with Gasteiger partial charge in [-0.25, -0.2) is 13.6 Å². The molecule has 1 N–H and O–H groups in total. The van der Waals surface area contributed by atoms with E-state index in [1.54, 1.807) is 0 Å². The zero-order chi connectivity index (χ0) is 23.1. The molecule has 0 spiro atoms. The second-order valence-corrected chi connectivity index (χ2v) is 8.62. The molecule has 2 aromatic carbocycles. The summed E-state index contributed by atoms with van der Waals surface area (Å²) in [5.41, 5.74) is 2.30. The predicted octanol–water partition coefficient (Wildman–Crippen LogP) is 5.57. The van der Waals surface area contributed by atoms with Gasteiger partial charge in [0.25, 0.3) is 0 Å². The number of nitrogens with one attached hydrogen (secondary N) is 1. The van der Waals surface area contributed by atoms with Crippen LogP contribution in [0.15, 0.2) is 48.5 Å². The number of carbonyl (C=O) groups excluding carboxylic acids is 1. The van der Waals surface area contributed by atoms with Crippen LogP contribution >= 0.6 is 0 Å². The van der Waals surface area contributed by atoms with Crippen molar-refractivity contribution < 1.29 is 18.3 Å². The van der Waals surface area contributed by atoms with Crippen molar-refractivity contribution in [1.29, 1.82) is 0 Å². The van der Waals surface area contributed by atoms with E-state index in [2.05, 4.69) is 31.0 Å². The van der Waals surface area contributed by atoms with Gasteiger partial charge in [-0.2, -0.15) is 0 Å². The third-order valence-electron chi connectivity index (χ3n) is 6.14. The van der Waals surface area contributed by atoms with E-state index in [1.165, 1.54) is 12.1 Å². The SMILES string of the molecule is CC(C)C(C)N1CC=C(c2cc(F)c(CCNC(=O)OCc3ccccc3)cc2F)CC1. The summed E-state index contributed by atoms with van der Waals surface area (Å²) in [5.74, 6) is -0.341. The summed E-state index contributed by atoms with van der Waals surface area (Å²) in [6.07, 6.45) is 2.30. The number of carbonyl (C=O) groups is 1. The lowest BCUT2D eigenvalue weighted by atomic mass is 9.95. The van der Waals surface area contributed by atoms with Gasteiger partial charge in [-0.15, -0.1) is 0 Å². The van der Waals surface area contributed by atoms with Crippen LogP contribution in [0.4, 0.5) is 13.6 Å². The van der Waals surface area contributed by atoms with Gasteiger partial charge in [0.2, 0.25) is 0 Å². The van der Waals surface area contributed by atoms with Crippen LogP contribution in [0.1, 0.15) is 43.9 Å². The van der Waals surface area contributed by atoms with Crippen molar-refractivity contribution in [3.8, 4) is 0 Å². The van der Waals surface area contributed by atoms with E-state index in [0.29, 0.717) is 23.9 Å². The first-order valence-electron chi connectivity index (χ1n) is 11.2. The van der Waals surface area contributed by atoms with Crippen LogP contribution in [0.2, 0.25) is 0 Å². The number of halogens is 2. The molecule has 172 valence electrons. The summed E-state index contributed by atoms with van der Waals surface area (Å²) in [6, 6.07) is 12.3. The Bertz CT molecular complexity index is 944. The van der Waals surface area contributed by atoms with Crippen LogP contribution in [-0.2, 0) is 17.8 Å². The lowest BCUT2D eigenvalue weighted by Gasteiger charge is -2.34. The average Bonchev–Trinajstić information content (AvgIpc) is 2.80. The molecule has 1 atom stereocenters. The first-order chi connectivity index (χ1) is 15.3. The number of nitrogens with zero attached hydrogens (tertiary/aromatic N) is 1. The van der Waals surface area contributed by atoms with E-state index in [-0.39, 0.29) is 25.1 Å². The third kappa shape index (κ3) is 6.39. The molecule has 4 nitrogen and oxygen atoms in total. The molecule has 1 aliphatic rings. The number of benzene rings is 2. The number of hydrogen-bond acceptors (Lipinski definition) is 3. The number of rotatable bonds is 8. The lowest BCUT2D eigenvalue weighted by Crippen LogP contribution is -2.39. The number of hydrogen-bond donors (Lipinski definition) is 1. The molecule has 0 radical (unpaired) electrons. The quantitative estimate of drug-likeness (QED) is 0.581. The molecule has 1 heterocycles. The van der Waals surface area contributed by atoms with Crippen molar-refractivity contribution in [3.05, 3.63) is 76.9 Å². The second kappa shape index (κ2) is 11.2. The summed E-state index contributed by atoms with van der Waals surface area (Å²) in [6.45, 7) is 8.48. The number of ether oxygens (including phenoxy) is 1. The van der Waals surface area contributed by atoms with Crippen LogP contribution in [0.3, 0.4) is 0 Å². The highest BCUT2D eigenvalue weighted by Crippen LogP contribution is 2.28. The molecule has 1 amide bonds. The molecule has 0 saturated heterocycles. The van der Waals surface area contributed by atoms with Crippen LogP contribution in [0.25, 0.3) is 5.57 Å². The summed E-state index contributed by atoms with van der Waals surface area (Å²) in [4.78, 5) is 14.2. The summed E-state index contributed by atoms with van der Waals surface area (Å²) in [5, 5.41) is 2.58. The van der Waals surface area contributed by atoms with E-state index in [1.807, 2.05) is 36.4 Å². The first-order valence-corrected chi connectivity index (χ1v) is 11.2. The third-order valence-corrected chi connectivity index (χ3v) is 6.14. The molecular formula is C26H32F2N2O2. The highest BCUT2D eigenvalue weighted by Gasteiger charge is 2.22. The van der Waals surface area contributed by atoms with Gasteiger partial charge in [-0.05, 0) is 54.5 Å². The highest BCUT2D eigenvalue weighted by molar-refractivity contribution is 5.68. The Hall–Kier alpha value is -2.73. The van der Waals surface area contributed by atoms with Crippen molar-refractivity contribution in [3.63, 3.8) is 0 Å². The maximum absolute atomic E-state index is 14.8. The first kappa shape index (κ1) is 23.9. The van der Waals surface area contributed by atoms with E-state index in [9.17, 15) is 13.6 Å². The van der Waals surface area contributed by atoms with E-state index < -0.39 is 17.7 Å². The summed E-state index contributed by atoms with van der Waals surface area (Å²) < 4.78 is 34.5. The number of alkyl carbamates (subject to hydrolysis) is 1. The minimum atomic E-state index is -0.584. The molecule has 1 unspecified atom stereocenters.